The van der Waals surface area contributed by atoms with Gasteiger partial charge in [-0.25, -0.2) is 0 Å². The van der Waals surface area contributed by atoms with E-state index in [1.165, 1.54) is 0 Å². The van der Waals surface area contributed by atoms with Gasteiger partial charge in [0, 0.05) is 0 Å². The quantitative estimate of drug-likeness (QED) is 0.299. The van der Waals surface area contributed by atoms with Gasteiger partial charge in [0.15, 0.2) is 0 Å². The molecule has 12 heavy (non-hydrogen) atoms. The first-order chi connectivity index (χ1) is 4.81. The highest BCUT2D eigenvalue weighted by molar-refractivity contribution is 7.79. The summed E-state index contributed by atoms with van der Waals surface area (Å²) in [7, 11) is -4.67. The highest BCUT2D eigenvalue weighted by atomic mass is 32.3. The van der Waals surface area contributed by atoms with E-state index in [4.69, 9.17) is 32.8 Å². The Morgan fingerprint density at radius 2 is 1.25 bits per heavy atom. The average molecular weight is 208 g/mol. The van der Waals surface area contributed by atoms with Crippen molar-refractivity contribution < 1.29 is 38.3 Å². The van der Waals surface area contributed by atoms with E-state index in [9.17, 15) is 0 Å². The molecule has 8 nitrogen and oxygen atoms in total. The molecule has 0 atom stereocenters. The van der Waals surface area contributed by atoms with Crippen LogP contribution in [0, 0.1) is 0 Å². The molecular weight excluding hydrogens is 196 g/mol. The second-order valence-corrected chi connectivity index (χ2v) is 2.36. The summed E-state index contributed by atoms with van der Waals surface area (Å²) >= 11 is 0. The van der Waals surface area contributed by atoms with Gasteiger partial charge in [0.1, 0.15) is 6.10 Å². The Balaban J connectivity index is -0.000000126. The van der Waals surface area contributed by atoms with Crippen LogP contribution in [0.4, 0.5) is 0 Å². The third kappa shape index (κ3) is 53.5. The minimum absolute atomic E-state index is 0. The molecule has 0 rings (SSSR count). The van der Waals surface area contributed by atoms with E-state index in [2.05, 4.69) is 0 Å². The molecule has 0 bridgehead atoms. The van der Waals surface area contributed by atoms with E-state index in [0.29, 0.717) is 0 Å². The smallest absolute Gasteiger partial charge is 0.394 e. The van der Waals surface area contributed by atoms with Crippen molar-refractivity contribution in [1.82, 2.24) is 0 Å². The molecular formula is C3H12O8S. The zero-order valence-electron chi connectivity index (χ0n) is 5.95. The molecule has 78 valence electrons. The van der Waals surface area contributed by atoms with Gasteiger partial charge in [0.25, 0.3) is 0 Å². The number of rotatable bonds is 2. The Hall–Kier alpha value is -0.290. The molecule has 7 N–H and O–H groups in total. The fourth-order valence-corrected chi connectivity index (χ4v) is 0.0577. The van der Waals surface area contributed by atoms with Crippen LogP contribution in [0.1, 0.15) is 0 Å². The Labute approximate surface area is 69.0 Å². The predicted octanol–water partition coefficient (Wildman–Crippen LogP) is -3.15. The molecule has 0 aliphatic rings. The monoisotopic (exact) mass is 208 g/mol. The first kappa shape index (κ1) is 17.7. The molecule has 9 heteroatoms. The van der Waals surface area contributed by atoms with Crippen molar-refractivity contribution in [2.24, 2.45) is 0 Å². The molecule has 0 saturated carbocycles. The molecule has 0 heterocycles. The molecule has 0 unspecified atom stereocenters. The topological polar surface area (TPSA) is 167 Å². The molecule has 0 aliphatic heterocycles. The average Bonchev–Trinajstić information content (AvgIpc) is 1.83. The Morgan fingerprint density at radius 1 is 1.08 bits per heavy atom. The molecule has 0 spiro atoms. The van der Waals surface area contributed by atoms with E-state index in [-0.39, 0.29) is 18.7 Å². The van der Waals surface area contributed by atoms with Gasteiger partial charge in [-0.3, -0.25) is 9.11 Å². The Kier molecular flexibility index (Phi) is 13.0. The highest BCUT2D eigenvalue weighted by Crippen LogP contribution is 1.71. The molecule has 0 aromatic rings. The summed E-state index contributed by atoms with van der Waals surface area (Å²) in [6.45, 7) is -0.729. The predicted molar refractivity (Wildman–Crippen MR) is 38.0 cm³/mol. The molecule has 0 radical (unpaired) electrons. The minimum atomic E-state index is -4.67. The van der Waals surface area contributed by atoms with Crippen molar-refractivity contribution in [2.75, 3.05) is 13.2 Å². The zero-order chi connectivity index (χ0) is 9.49. The summed E-state index contributed by atoms with van der Waals surface area (Å²) in [5, 5.41) is 24.0. The number of hydrogen-bond acceptors (Lipinski definition) is 5. The van der Waals surface area contributed by atoms with Crippen LogP contribution in [0.3, 0.4) is 0 Å². The Morgan fingerprint density at radius 3 is 1.25 bits per heavy atom. The maximum atomic E-state index is 8.74. The van der Waals surface area contributed by atoms with Gasteiger partial charge in [-0.1, -0.05) is 0 Å². The lowest BCUT2D eigenvalue weighted by Gasteiger charge is -1.96. The Bertz CT molecular complexity index is 149. The van der Waals surface area contributed by atoms with Gasteiger partial charge in [0.05, 0.1) is 13.2 Å². The maximum Gasteiger partial charge on any atom is 0.394 e. The second-order valence-electron chi connectivity index (χ2n) is 1.47. The van der Waals surface area contributed by atoms with Crippen molar-refractivity contribution in [1.29, 1.82) is 0 Å². The molecule has 0 fully saturated rings. The summed E-state index contributed by atoms with van der Waals surface area (Å²) in [6.07, 6.45) is -0.954. The molecule has 0 amide bonds. The largest absolute Gasteiger partial charge is 0.412 e. The summed E-state index contributed by atoms with van der Waals surface area (Å²) in [5.41, 5.74) is 0. The van der Waals surface area contributed by atoms with Crippen LogP contribution in [-0.4, -0.2) is 57.6 Å². The first-order valence-corrected chi connectivity index (χ1v) is 3.80. The first-order valence-electron chi connectivity index (χ1n) is 2.41. The van der Waals surface area contributed by atoms with Gasteiger partial charge < -0.3 is 20.8 Å². The third-order valence-electron chi connectivity index (χ3n) is 0.421. The normalized spacial score (nSPS) is 9.83. The zero-order valence-corrected chi connectivity index (χ0v) is 6.77. The van der Waals surface area contributed by atoms with Crippen LogP contribution in [0.2, 0.25) is 0 Å². The van der Waals surface area contributed by atoms with E-state index in [0.717, 1.165) is 0 Å². The van der Waals surface area contributed by atoms with Gasteiger partial charge in [-0.2, -0.15) is 8.42 Å². The van der Waals surface area contributed by atoms with E-state index < -0.39 is 16.5 Å². The van der Waals surface area contributed by atoms with Gasteiger partial charge >= 0.3 is 10.4 Å². The lowest BCUT2D eigenvalue weighted by molar-refractivity contribution is 0.0450. The van der Waals surface area contributed by atoms with E-state index in [1.54, 1.807) is 0 Å². The summed E-state index contributed by atoms with van der Waals surface area (Å²) in [5.74, 6) is 0. The summed E-state index contributed by atoms with van der Waals surface area (Å²) < 4.78 is 31.6. The minimum Gasteiger partial charge on any atom is -0.412 e. The number of hydrogen-bond donors (Lipinski definition) is 5. The molecule has 0 aliphatic carbocycles. The third-order valence-corrected chi connectivity index (χ3v) is 0.421. The maximum absolute atomic E-state index is 8.74. The van der Waals surface area contributed by atoms with Crippen molar-refractivity contribution in [2.45, 2.75) is 6.10 Å². The van der Waals surface area contributed by atoms with Crippen LogP contribution in [0.15, 0.2) is 0 Å². The van der Waals surface area contributed by atoms with Crippen molar-refractivity contribution >= 4 is 10.4 Å². The fraction of sp³-hybridized carbons (Fsp3) is 1.00. The second kappa shape index (κ2) is 8.80. The van der Waals surface area contributed by atoms with Crippen LogP contribution >= 0.6 is 0 Å². The molecule has 0 aromatic carbocycles. The van der Waals surface area contributed by atoms with Crippen molar-refractivity contribution in [3.63, 3.8) is 0 Å². The van der Waals surface area contributed by atoms with Crippen molar-refractivity contribution in [3.8, 4) is 0 Å². The van der Waals surface area contributed by atoms with Crippen LogP contribution in [-0.2, 0) is 10.4 Å². The van der Waals surface area contributed by atoms with E-state index in [1.807, 2.05) is 0 Å². The van der Waals surface area contributed by atoms with Gasteiger partial charge in [-0.05, 0) is 0 Å². The summed E-state index contributed by atoms with van der Waals surface area (Å²) in [4.78, 5) is 0. The number of aliphatic hydroxyl groups is 3. The van der Waals surface area contributed by atoms with Gasteiger partial charge in [-0.15, -0.1) is 0 Å². The highest BCUT2D eigenvalue weighted by Gasteiger charge is 1.93. The lowest BCUT2D eigenvalue weighted by Crippen LogP contribution is -2.15. The van der Waals surface area contributed by atoms with E-state index >= 15 is 0 Å². The summed E-state index contributed by atoms with van der Waals surface area (Å²) in [6, 6.07) is 0. The standard InChI is InChI=1S/C3H8O3.H2O4S.H2O/c4-1-3(6)2-5;1-5(2,3)4;/h3-6H,1-2H2;(H2,1,2,3,4);1H2. The van der Waals surface area contributed by atoms with Crippen molar-refractivity contribution in [3.05, 3.63) is 0 Å². The van der Waals surface area contributed by atoms with Crippen LogP contribution in [0.5, 0.6) is 0 Å². The van der Waals surface area contributed by atoms with Crippen LogP contribution < -0.4 is 0 Å². The van der Waals surface area contributed by atoms with Gasteiger partial charge in [0.2, 0.25) is 0 Å². The number of aliphatic hydroxyl groups excluding tert-OH is 3. The SMILES string of the molecule is O.O=S(=O)(O)O.OCC(O)CO. The fourth-order valence-electron chi connectivity index (χ4n) is 0.0577. The lowest BCUT2D eigenvalue weighted by atomic mass is 10.4. The molecule has 0 aromatic heterocycles. The molecule has 0 saturated heterocycles. The van der Waals surface area contributed by atoms with Crippen LogP contribution in [0.25, 0.3) is 0 Å².